The molecule has 3 rings (SSSR count). The molecule has 0 bridgehead atoms. The monoisotopic (exact) mass is 315 g/mol. The molecule has 0 radical (unpaired) electrons. The van der Waals surface area contributed by atoms with Crippen LogP contribution in [0, 0.1) is 5.92 Å². The van der Waals surface area contributed by atoms with Gasteiger partial charge in [0.05, 0.1) is 0 Å². The van der Waals surface area contributed by atoms with Crippen molar-refractivity contribution in [3.63, 3.8) is 0 Å². The van der Waals surface area contributed by atoms with Crippen molar-refractivity contribution < 1.29 is 0 Å². The van der Waals surface area contributed by atoms with E-state index in [4.69, 9.17) is 0 Å². The summed E-state index contributed by atoms with van der Waals surface area (Å²) in [5, 5.41) is 3.72. The Hall–Kier alpha value is -1.12. The molecule has 1 atom stereocenters. The average Bonchev–Trinajstić information content (AvgIpc) is 3.25. The van der Waals surface area contributed by atoms with Gasteiger partial charge in [0.2, 0.25) is 0 Å². The van der Waals surface area contributed by atoms with E-state index in [0.29, 0.717) is 6.04 Å². The lowest BCUT2D eigenvalue weighted by molar-refractivity contribution is 0.480. The van der Waals surface area contributed by atoms with Gasteiger partial charge >= 0.3 is 0 Å². The van der Waals surface area contributed by atoms with Crippen LogP contribution in [0.5, 0.6) is 0 Å². The zero-order valence-corrected chi connectivity index (χ0v) is 12.4. The molecule has 0 amide bonds. The van der Waals surface area contributed by atoms with E-state index in [1.54, 1.807) is 0 Å². The van der Waals surface area contributed by atoms with E-state index in [0.717, 1.165) is 16.9 Å². The summed E-state index contributed by atoms with van der Waals surface area (Å²) in [4.78, 5) is 0. The van der Waals surface area contributed by atoms with Gasteiger partial charge in [0.15, 0.2) is 0 Å². The Morgan fingerprint density at radius 2 is 1.84 bits per heavy atom. The van der Waals surface area contributed by atoms with Crippen molar-refractivity contribution in [1.82, 2.24) is 5.32 Å². The Morgan fingerprint density at radius 3 is 2.53 bits per heavy atom. The molecule has 0 aliphatic heterocycles. The molecule has 1 N–H and O–H groups in total. The highest BCUT2D eigenvalue weighted by atomic mass is 79.9. The third-order valence-electron chi connectivity index (χ3n) is 3.67. The molecule has 1 unspecified atom stereocenters. The highest BCUT2D eigenvalue weighted by Crippen LogP contribution is 2.41. The lowest BCUT2D eigenvalue weighted by Crippen LogP contribution is -2.22. The van der Waals surface area contributed by atoms with Crippen molar-refractivity contribution in [2.45, 2.75) is 25.4 Å². The van der Waals surface area contributed by atoms with Gasteiger partial charge in [0.1, 0.15) is 0 Å². The van der Waals surface area contributed by atoms with Crippen molar-refractivity contribution in [1.29, 1.82) is 0 Å². The molecule has 1 saturated carbocycles. The molecule has 98 valence electrons. The molecule has 2 heteroatoms. The van der Waals surface area contributed by atoms with Crippen LogP contribution in [-0.2, 0) is 6.54 Å². The van der Waals surface area contributed by atoms with E-state index in [1.165, 1.54) is 24.0 Å². The van der Waals surface area contributed by atoms with Gasteiger partial charge in [-0.3, -0.25) is 0 Å². The second-order valence-electron chi connectivity index (χ2n) is 5.24. The van der Waals surface area contributed by atoms with Crippen molar-refractivity contribution >= 4 is 15.9 Å². The molecular formula is C17H18BrN. The fourth-order valence-corrected chi connectivity index (χ4v) is 2.97. The quantitative estimate of drug-likeness (QED) is 0.844. The van der Waals surface area contributed by atoms with Gasteiger partial charge in [-0.25, -0.2) is 0 Å². The van der Waals surface area contributed by atoms with Crippen LogP contribution in [-0.4, -0.2) is 0 Å². The third kappa shape index (κ3) is 3.46. The molecular weight excluding hydrogens is 298 g/mol. The summed E-state index contributed by atoms with van der Waals surface area (Å²) < 4.78 is 1.15. The molecule has 1 fully saturated rings. The largest absolute Gasteiger partial charge is 0.306 e. The summed E-state index contributed by atoms with van der Waals surface area (Å²) in [7, 11) is 0. The van der Waals surface area contributed by atoms with Crippen LogP contribution in [0.2, 0.25) is 0 Å². The third-order valence-corrected chi connectivity index (χ3v) is 4.16. The van der Waals surface area contributed by atoms with Crippen LogP contribution in [0.1, 0.15) is 30.0 Å². The molecule has 1 nitrogen and oxygen atoms in total. The maximum atomic E-state index is 3.72. The predicted molar refractivity (Wildman–Crippen MR) is 82.9 cm³/mol. The van der Waals surface area contributed by atoms with Gasteiger partial charge in [0, 0.05) is 17.1 Å². The minimum atomic E-state index is 0.500. The van der Waals surface area contributed by atoms with E-state index < -0.39 is 0 Å². The lowest BCUT2D eigenvalue weighted by Gasteiger charge is -2.19. The number of benzene rings is 2. The molecule has 19 heavy (non-hydrogen) atoms. The first-order valence-electron chi connectivity index (χ1n) is 6.86. The molecule has 0 heterocycles. The molecule has 0 spiro atoms. The average molecular weight is 316 g/mol. The first-order valence-corrected chi connectivity index (χ1v) is 7.65. The number of nitrogens with one attached hydrogen (secondary N) is 1. The maximum absolute atomic E-state index is 3.72. The van der Waals surface area contributed by atoms with Gasteiger partial charge in [-0.1, -0.05) is 58.4 Å². The number of halogens is 1. The van der Waals surface area contributed by atoms with E-state index >= 15 is 0 Å². The Morgan fingerprint density at radius 1 is 1.05 bits per heavy atom. The molecule has 0 saturated heterocycles. The number of rotatable bonds is 5. The lowest BCUT2D eigenvalue weighted by atomic mass is 10.0. The fourth-order valence-electron chi connectivity index (χ4n) is 2.52. The number of hydrogen-bond acceptors (Lipinski definition) is 1. The Labute approximate surface area is 123 Å². The van der Waals surface area contributed by atoms with Crippen molar-refractivity contribution in [3.05, 3.63) is 70.2 Å². The summed E-state index contributed by atoms with van der Waals surface area (Å²) in [5.41, 5.74) is 2.75. The second-order valence-corrected chi connectivity index (χ2v) is 6.15. The highest BCUT2D eigenvalue weighted by Gasteiger charge is 2.31. The standard InChI is InChI=1S/C17H18BrN/c18-16-8-4-5-13(11-16)12-19-17(15-9-10-15)14-6-2-1-3-7-14/h1-8,11,15,17,19H,9-10,12H2. The van der Waals surface area contributed by atoms with Crippen LogP contribution in [0.3, 0.4) is 0 Å². The highest BCUT2D eigenvalue weighted by molar-refractivity contribution is 9.10. The Balaban J connectivity index is 1.69. The minimum absolute atomic E-state index is 0.500. The van der Waals surface area contributed by atoms with Gasteiger partial charge in [0.25, 0.3) is 0 Å². The van der Waals surface area contributed by atoms with Crippen LogP contribution in [0.4, 0.5) is 0 Å². The summed E-state index contributed by atoms with van der Waals surface area (Å²) in [6, 6.07) is 19.8. The summed E-state index contributed by atoms with van der Waals surface area (Å²) in [6.07, 6.45) is 2.70. The van der Waals surface area contributed by atoms with Crippen molar-refractivity contribution in [2.75, 3.05) is 0 Å². The van der Waals surface area contributed by atoms with Crippen molar-refractivity contribution in [3.8, 4) is 0 Å². The molecule has 0 aromatic heterocycles. The van der Waals surface area contributed by atoms with E-state index in [9.17, 15) is 0 Å². The minimum Gasteiger partial charge on any atom is -0.306 e. The number of hydrogen-bond donors (Lipinski definition) is 1. The predicted octanol–water partition coefficient (Wildman–Crippen LogP) is 4.69. The normalized spacial score (nSPS) is 16.3. The van der Waals surface area contributed by atoms with Gasteiger partial charge in [-0.2, -0.15) is 0 Å². The van der Waals surface area contributed by atoms with Crippen LogP contribution in [0.25, 0.3) is 0 Å². The Bertz CT molecular complexity index is 534. The molecule has 1 aliphatic carbocycles. The molecule has 2 aromatic rings. The summed E-state index contributed by atoms with van der Waals surface area (Å²) in [6.45, 7) is 0.926. The van der Waals surface area contributed by atoms with Crippen LogP contribution in [0.15, 0.2) is 59.1 Å². The summed E-state index contributed by atoms with van der Waals surface area (Å²) >= 11 is 3.53. The topological polar surface area (TPSA) is 12.0 Å². The van der Waals surface area contributed by atoms with Crippen molar-refractivity contribution in [2.24, 2.45) is 5.92 Å². The SMILES string of the molecule is Brc1cccc(CNC(c2ccccc2)C2CC2)c1. The molecule has 2 aromatic carbocycles. The van der Waals surface area contributed by atoms with E-state index in [-0.39, 0.29) is 0 Å². The smallest absolute Gasteiger partial charge is 0.0351 e. The fraction of sp³-hybridized carbons (Fsp3) is 0.294. The van der Waals surface area contributed by atoms with E-state index in [2.05, 4.69) is 75.8 Å². The Kier molecular flexibility index (Phi) is 4.00. The van der Waals surface area contributed by atoms with Gasteiger partial charge in [-0.05, 0) is 42.0 Å². The first-order chi connectivity index (χ1) is 9.33. The first kappa shape index (κ1) is 12.9. The molecule has 1 aliphatic rings. The zero-order chi connectivity index (χ0) is 13.1. The van der Waals surface area contributed by atoms with Gasteiger partial charge in [-0.15, -0.1) is 0 Å². The maximum Gasteiger partial charge on any atom is 0.0351 e. The second kappa shape index (κ2) is 5.89. The van der Waals surface area contributed by atoms with E-state index in [1.807, 2.05) is 0 Å². The van der Waals surface area contributed by atoms with Gasteiger partial charge < -0.3 is 5.32 Å². The summed E-state index contributed by atoms with van der Waals surface area (Å²) in [5.74, 6) is 0.814. The zero-order valence-electron chi connectivity index (χ0n) is 10.9. The van der Waals surface area contributed by atoms with Crippen LogP contribution < -0.4 is 5.32 Å². The van der Waals surface area contributed by atoms with Crippen LogP contribution >= 0.6 is 15.9 Å².